The fourth-order valence-electron chi connectivity index (χ4n) is 3.48. The van der Waals surface area contributed by atoms with Crippen molar-refractivity contribution in [3.63, 3.8) is 0 Å². The van der Waals surface area contributed by atoms with Gasteiger partial charge in [0.2, 0.25) is 0 Å². The molecule has 3 rings (SSSR count). The molecule has 212 valence electrons. The van der Waals surface area contributed by atoms with Crippen molar-refractivity contribution in [2.45, 2.75) is 65.0 Å². The molecule has 3 aliphatic rings. The first kappa shape index (κ1) is 36.5. The highest BCUT2D eigenvalue weighted by molar-refractivity contribution is 9.17. The van der Waals surface area contributed by atoms with Gasteiger partial charge in [-0.05, 0) is 39.0 Å². The van der Waals surface area contributed by atoms with Gasteiger partial charge < -0.3 is 14.2 Å². The predicted molar refractivity (Wildman–Crippen MR) is 201 cm³/mol. The molecule has 0 aromatic carbocycles. The highest BCUT2D eigenvalue weighted by Crippen LogP contribution is 2.53. The van der Waals surface area contributed by atoms with Crippen molar-refractivity contribution < 1.29 is 14.2 Å². The fourth-order valence-corrected chi connectivity index (χ4v) is 10.6. The molecular weight excluding hydrogens is 1280 g/mol. The third-order valence-electron chi connectivity index (χ3n) is 5.88. The van der Waals surface area contributed by atoms with E-state index >= 15 is 0 Å². The van der Waals surface area contributed by atoms with Crippen LogP contribution < -0.4 is 0 Å². The van der Waals surface area contributed by atoms with E-state index in [2.05, 4.69) is 191 Å². The summed E-state index contributed by atoms with van der Waals surface area (Å²) >= 11 is 44.6. The van der Waals surface area contributed by atoms with Crippen LogP contribution in [-0.2, 0) is 14.2 Å². The lowest BCUT2D eigenvalue weighted by Crippen LogP contribution is -2.46. The highest BCUT2D eigenvalue weighted by atomic mass is 79.9. The van der Waals surface area contributed by atoms with Crippen LogP contribution in [0.3, 0.4) is 0 Å². The van der Waals surface area contributed by atoms with E-state index in [-0.39, 0.29) is 0 Å². The molecule has 0 aromatic heterocycles. The fraction of sp³-hybridized carbons (Fsp3) is 0.478. The van der Waals surface area contributed by atoms with Gasteiger partial charge in [-0.25, -0.2) is 0 Å². The number of rotatable bonds is 6. The standard InChI is InChI=1S/C23H18Br12O3/c1-20(33)11(24)5-8(14(27)17(20)30)36-23(4,37-9-6-12(25)21(2,34)18(31)15(9)28)38-10-7-13(26)22(3,35)19(32)16(10)29/h5-10H,1-4H3. The largest absolute Gasteiger partial charge is 0.315 e. The van der Waals surface area contributed by atoms with Gasteiger partial charge in [0.25, 0.3) is 5.97 Å². The summed E-state index contributed by atoms with van der Waals surface area (Å²) in [6, 6.07) is 0. The summed E-state index contributed by atoms with van der Waals surface area (Å²) in [7, 11) is 0. The Balaban J connectivity index is 2.06. The van der Waals surface area contributed by atoms with E-state index in [1.54, 1.807) is 6.92 Å². The van der Waals surface area contributed by atoms with Crippen molar-refractivity contribution >= 4 is 191 Å². The average molecular weight is 1300 g/mol. The molecule has 0 saturated carbocycles. The number of hydrogen-bond donors (Lipinski definition) is 0. The molecule has 0 radical (unpaired) electrons. The Morgan fingerprint density at radius 1 is 0.526 bits per heavy atom. The van der Waals surface area contributed by atoms with Gasteiger partial charge in [-0.1, -0.05) is 191 Å². The number of ether oxygens (including phenoxy) is 3. The monoisotopic (exact) mass is 1290 g/mol. The zero-order valence-corrected chi connectivity index (χ0v) is 38.8. The van der Waals surface area contributed by atoms with Crippen molar-refractivity contribution in [1.29, 1.82) is 0 Å². The predicted octanol–water partition coefficient (Wildman–Crippen LogP) is 13.2. The Bertz CT molecular complexity index is 1060. The van der Waals surface area contributed by atoms with Gasteiger partial charge in [-0.3, -0.25) is 0 Å². The van der Waals surface area contributed by atoms with Gasteiger partial charge in [-0.15, -0.1) is 0 Å². The molecule has 6 unspecified atom stereocenters. The molecule has 0 bridgehead atoms. The number of alkyl halides is 3. The van der Waals surface area contributed by atoms with E-state index in [1.807, 2.05) is 39.0 Å². The maximum Gasteiger partial charge on any atom is 0.282 e. The van der Waals surface area contributed by atoms with E-state index in [4.69, 9.17) is 14.2 Å². The van der Waals surface area contributed by atoms with Crippen molar-refractivity contribution in [3.05, 3.63) is 58.6 Å². The Kier molecular flexibility index (Phi) is 12.9. The molecule has 0 fully saturated rings. The molecular formula is C23H18Br12O3. The van der Waals surface area contributed by atoms with Gasteiger partial charge in [0, 0.05) is 47.3 Å². The molecule has 3 aliphatic carbocycles. The van der Waals surface area contributed by atoms with E-state index in [9.17, 15) is 0 Å². The molecule has 0 N–H and O–H groups in total. The van der Waals surface area contributed by atoms with Gasteiger partial charge in [0.15, 0.2) is 0 Å². The number of halogens is 12. The van der Waals surface area contributed by atoms with Crippen LogP contribution in [0.25, 0.3) is 0 Å². The Morgan fingerprint density at radius 2 is 0.737 bits per heavy atom. The molecule has 0 aliphatic heterocycles. The normalized spacial score (nSPS) is 38.2. The van der Waals surface area contributed by atoms with Crippen molar-refractivity contribution in [2.75, 3.05) is 0 Å². The maximum absolute atomic E-state index is 6.64. The lowest BCUT2D eigenvalue weighted by molar-refractivity contribution is -0.385. The smallest absolute Gasteiger partial charge is 0.282 e. The number of hydrogen-bond acceptors (Lipinski definition) is 3. The van der Waals surface area contributed by atoms with E-state index in [1.165, 1.54) is 0 Å². The zero-order valence-electron chi connectivity index (χ0n) is 19.7. The Morgan fingerprint density at radius 3 is 0.947 bits per heavy atom. The number of allylic oxidation sites excluding steroid dienone is 6. The van der Waals surface area contributed by atoms with Crippen LogP contribution in [0.4, 0.5) is 0 Å². The Labute approximate surface area is 323 Å². The van der Waals surface area contributed by atoms with E-state index < -0.39 is 37.3 Å². The van der Waals surface area contributed by atoms with Crippen molar-refractivity contribution in [1.82, 2.24) is 0 Å². The lowest BCUT2D eigenvalue weighted by Gasteiger charge is -2.42. The first-order valence-electron chi connectivity index (χ1n) is 10.6. The summed E-state index contributed by atoms with van der Waals surface area (Å²) in [5.41, 5.74) is 0. The highest BCUT2D eigenvalue weighted by Gasteiger charge is 2.46. The third-order valence-corrected chi connectivity index (χ3v) is 22.5. The van der Waals surface area contributed by atoms with Crippen LogP contribution in [0.15, 0.2) is 58.6 Å². The SMILES string of the molecule is CC(OC1C=C(Br)C(C)(Br)C(Br)=C1Br)(OC1C=C(Br)C(C)(Br)C(Br)=C1Br)OC1C=C(Br)C(C)(Br)C(Br)=C1Br. The summed E-state index contributed by atoms with van der Waals surface area (Å²) in [5, 5.41) is 0. The summed E-state index contributed by atoms with van der Waals surface area (Å²) in [6.07, 6.45) is 4.30. The molecule has 0 heterocycles. The summed E-state index contributed by atoms with van der Waals surface area (Å²) < 4.78 is 26.3. The van der Waals surface area contributed by atoms with Crippen LogP contribution in [0.2, 0.25) is 0 Å². The minimum absolute atomic E-state index is 0.439. The minimum atomic E-state index is -1.54. The van der Waals surface area contributed by atoms with Gasteiger partial charge in [0.05, 0.1) is 13.0 Å². The second kappa shape index (κ2) is 13.4. The molecule has 0 amide bonds. The van der Waals surface area contributed by atoms with Crippen LogP contribution in [0, 0.1) is 0 Å². The van der Waals surface area contributed by atoms with E-state index in [0.29, 0.717) is 0 Å². The van der Waals surface area contributed by atoms with Gasteiger partial charge in [0.1, 0.15) is 18.3 Å². The van der Waals surface area contributed by atoms with Crippen LogP contribution in [0.1, 0.15) is 27.7 Å². The summed E-state index contributed by atoms with van der Waals surface area (Å²) in [4.78, 5) is 0. The van der Waals surface area contributed by atoms with E-state index in [0.717, 1.165) is 40.3 Å². The first-order chi connectivity index (χ1) is 17.2. The third kappa shape index (κ3) is 7.38. The Hall–Kier alpha value is 4.08. The van der Waals surface area contributed by atoms with Crippen molar-refractivity contribution in [2.24, 2.45) is 0 Å². The second-order valence-corrected chi connectivity index (χ2v) is 21.3. The minimum Gasteiger partial charge on any atom is -0.315 e. The molecule has 0 saturated heterocycles. The average Bonchev–Trinajstić information content (AvgIpc) is 2.81. The molecule has 6 atom stereocenters. The quantitative estimate of drug-likeness (QED) is 0.196. The summed E-state index contributed by atoms with van der Waals surface area (Å²) in [5.74, 6) is -1.54. The lowest BCUT2D eigenvalue weighted by atomic mass is 10.0. The van der Waals surface area contributed by atoms with Crippen LogP contribution >= 0.6 is 191 Å². The first-order valence-corrected chi connectivity index (χ1v) is 20.1. The topological polar surface area (TPSA) is 27.7 Å². The molecule has 15 heteroatoms. The van der Waals surface area contributed by atoms with Crippen LogP contribution in [0.5, 0.6) is 0 Å². The van der Waals surface area contributed by atoms with Gasteiger partial charge >= 0.3 is 0 Å². The molecule has 0 aromatic rings. The summed E-state index contributed by atoms with van der Waals surface area (Å²) in [6.45, 7) is 7.86. The molecule has 38 heavy (non-hydrogen) atoms. The van der Waals surface area contributed by atoms with Crippen LogP contribution in [-0.4, -0.2) is 37.3 Å². The van der Waals surface area contributed by atoms with Crippen molar-refractivity contribution in [3.8, 4) is 0 Å². The van der Waals surface area contributed by atoms with Gasteiger partial charge in [-0.2, -0.15) is 0 Å². The second-order valence-electron chi connectivity index (χ2n) is 9.02. The molecule has 0 spiro atoms. The zero-order chi connectivity index (χ0) is 29.2. The maximum atomic E-state index is 6.64. The molecule has 3 nitrogen and oxygen atoms in total.